The van der Waals surface area contributed by atoms with Crippen molar-refractivity contribution in [2.75, 3.05) is 5.32 Å². The molecule has 0 bridgehead atoms. The van der Waals surface area contributed by atoms with Crippen LogP contribution in [0.15, 0.2) is 30.5 Å². The van der Waals surface area contributed by atoms with Crippen LogP contribution in [0.4, 0.5) is 5.00 Å². The van der Waals surface area contributed by atoms with Gasteiger partial charge >= 0.3 is 0 Å². The van der Waals surface area contributed by atoms with Crippen LogP contribution in [0.3, 0.4) is 0 Å². The Bertz CT molecular complexity index is 908. The van der Waals surface area contributed by atoms with Gasteiger partial charge in [-0.2, -0.15) is 0 Å². The first-order chi connectivity index (χ1) is 11.0. The minimum Gasteiger partial charge on any atom is -0.365 e. The lowest BCUT2D eigenvalue weighted by Gasteiger charge is -2.05. The average Bonchev–Trinajstić information content (AvgIpc) is 3.01. The van der Waals surface area contributed by atoms with E-state index in [0.717, 1.165) is 26.9 Å². The quantitative estimate of drug-likeness (QED) is 0.687. The Morgan fingerprint density at radius 1 is 1.26 bits per heavy atom. The number of nitrogens with two attached hydrogens (primary N) is 1. The lowest BCUT2D eigenvalue weighted by Crippen LogP contribution is -2.18. The normalized spacial score (nSPS) is 10.9. The fourth-order valence-electron chi connectivity index (χ4n) is 2.63. The van der Waals surface area contributed by atoms with E-state index in [0.29, 0.717) is 10.6 Å². The molecule has 6 heteroatoms. The molecule has 118 valence electrons. The first kappa shape index (κ1) is 15.3. The molecule has 0 saturated carbocycles. The van der Waals surface area contributed by atoms with Crippen LogP contribution in [0.1, 0.15) is 26.4 Å². The zero-order valence-corrected chi connectivity index (χ0v) is 13.7. The number of aromatic amines is 1. The van der Waals surface area contributed by atoms with Gasteiger partial charge < -0.3 is 16.0 Å². The molecule has 0 spiro atoms. The number of aromatic nitrogens is 1. The molecular formula is C17H17N3O2S. The van der Waals surface area contributed by atoms with Crippen molar-refractivity contribution in [1.29, 1.82) is 0 Å². The third kappa shape index (κ3) is 2.85. The Morgan fingerprint density at radius 3 is 2.74 bits per heavy atom. The van der Waals surface area contributed by atoms with Crippen LogP contribution in [0.5, 0.6) is 0 Å². The van der Waals surface area contributed by atoms with E-state index in [1.807, 2.05) is 44.3 Å². The molecule has 0 fully saturated rings. The van der Waals surface area contributed by atoms with E-state index in [1.54, 1.807) is 0 Å². The summed E-state index contributed by atoms with van der Waals surface area (Å²) in [6, 6.07) is 7.82. The Balaban J connectivity index is 1.83. The van der Waals surface area contributed by atoms with Gasteiger partial charge in [-0.3, -0.25) is 9.59 Å². The topological polar surface area (TPSA) is 88.0 Å². The summed E-state index contributed by atoms with van der Waals surface area (Å²) in [6.07, 6.45) is 2.07. The highest BCUT2D eigenvalue weighted by atomic mass is 32.1. The number of nitrogens with one attached hydrogen (secondary N) is 2. The van der Waals surface area contributed by atoms with Gasteiger partial charge in [0.15, 0.2) is 0 Å². The van der Waals surface area contributed by atoms with E-state index < -0.39 is 5.91 Å². The molecule has 2 aromatic heterocycles. The molecule has 2 amide bonds. The first-order valence-electron chi connectivity index (χ1n) is 7.22. The highest BCUT2D eigenvalue weighted by Gasteiger charge is 2.19. The fourth-order valence-corrected chi connectivity index (χ4v) is 3.72. The number of thiophene rings is 1. The molecule has 0 aliphatic carbocycles. The Hall–Kier alpha value is -2.60. The third-order valence-corrected chi connectivity index (χ3v) is 5.03. The van der Waals surface area contributed by atoms with E-state index in [-0.39, 0.29) is 12.3 Å². The second kappa shape index (κ2) is 5.89. The van der Waals surface area contributed by atoms with Crippen LogP contribution in [0.2, 0.25) is 0 Å². The summed E-state index contributed by atoms with van der Waals surface area (Å²) in [5, 5.41) is 4.37. The van der Waals surface area contributed by atoms with Gasteiger partial charge in [-0.1, -0.05) is 18.2 Å². The van der Waals surface area contributed by atoms with Crippen LogP contribution in [0, 0.1) is 13.8 Å². The molecule has 2 heterocycles. The second-order valence-corrected chi connectivity index (χ2v) is 6.66. The molecule has 3 rings (SSSR count). The summed E-state index contributed by atoms with van der Waals surface area (Å²) in [5.74, 6) is -0.687. The zero-order chi connectivity index (χ0) is 16.6. The number of hydrogen-bond donors (Lipinski definition) is 3. The number of benzene rings is 1. The van der Waals surface area contributed by atoms with Gasteiger partial charge in [-0.25, -0.2) is 0 Å². The maximum atomic E-state index is 12.3. The minimum absolute atomic E-state index is 0.168. The van der Waals surface area contributed by atoms with E-state index in [2.05, 4.69) is 10.3 Å². The van der Waals surface area contributed by atoms with Crippen molar-refractivity contribution in [2.45, 2.75) is 20.3 Å². The molecule has 0 unspecified atom stereocenters. The summed E-state index contributed by atoms with van der Waals surface area (Å²) < 4.78 is 0. The largest absolute Gasteiger partial charge is 0.365 e. The van der Waals surface area contributed by atoms with Gasteiger partial charge in [0, 0.05) is 22.0 Å². The van der Waals surface area contributed by atoms with Crippen LogP contribution in [0.25, 0.3) is 10.9 Å². The summed E-state index contributed by atoms with van der Waals surface area (Å²) in [7, 11) is 0. The number of hydrogen-bond acceptors (Lipinski definition) is 3. The highest BCUT2D eigenvalue weighted by Crippen LogP contribution is 2.32. The smallest absolute Gasteiger partial charge is 0.251 e. The maximum Gasteiger partial charge on any atom is 0.251 e. The summed E-state index contributed by atoms with van der Waals surface area (Å²) in [6.45, 7) is 3.74. The molecule has 4 N–H and O–H groups in total. The van der Waals surface area contributed by atoms with Crippen molar-refractivity contribution < 1.29 is 9.59 Å². The van der Waals surface area contributed by atoms with Gasteiger partial charge in [0.25, 0.3) is 5.91 Å². The SMILES string of the molecule is Cc1sc(NC(=O)Cc2c[nH]c3ccccc23)c(C(N)=O)c1C. The second-order valence-electron chi connectivity index (χ2n) is 5.44. The van der Waals surface area contributed by atoms with Crippen molar-refractivity contribution in [3.8, 4) is 0 Å². The number of rotatable bonds is 4. The summed E-state index contributed by atoms with van der Waals surface area (Å²) in [5.41, 5.74) is 8.57. The Kier molecular flexibility index (Phi) is 3.92. The first-order valence-corrected chi connectivity index (χ1v) is 8.03. The summed E-state index contributed by atoms with van der Waals surface area (Å²) >= 11 is 1.37. The lowest BCUT2D eigenvalue weighted by atomic mass is 10.1. The van der Waals surface area contributed by atoms with E-state index in [1.165, 1.54) is 11.3 Å². The number of anilines is 1. The third-order valence-electron chi connectivity index (χ3n) is 3.91. The standard InChI is InChI=1S/C17H17N3O2S/c1-9-10(2)23-17(15(9)16(18)22)20-14(21)7-11-8-19-13-6-4-3-5-12(11)13/h3-6,8,19H,7H2,1-2H3,(H2,18,22)(H,20,21). The number of para-hydroxylation sites is 1. The molecule has 0 atom stereocenters. The predicted octanol–water partition coefficient (Wildman–Crippen LogP) is 3.13. The van der Waals surface area contributed by atoms with Gasteiger partial charge in [-0.05, 0) is 31.0 Å². The van der Waals surface area contributed by atoms with Crippen molar-refractivity contribution in [2.24, 2.45) is 5.73 Å². The molecule has 0 saturated heterocycles. The van der Waals surface area contributed by atoms with Crippen LogP contribution < -0.4 is 11.1 Å². The molecule has 1 aromatic carbocycles. The monoisotopic (exact) mass is 327 g/mol. The molecule has 3 aromatic rings. The zero-order valence-electron chi connectivity index (χ0n) is 12.9. The highest BCUT2D eigenvalue weighted by molar-refractivity contribution is 7.16. The Labute approximate surface area is 137 Å². The van der Waals surface area contributed by atoms with Crippen LogP contribution in [-0.2, 0) is 11.2 Å². The number of aryl methyl sites for hydroxylation is 1. The lowest BCUT2D eigenvalue weighted by molar-refractivity contribution is -0.115. The molecule has 0 radical (unpaired) electrons. The average molecular weight is 327 g/mol. The van der Waals surface area contributed by atoms with E-state index in [4.69, 9.17) is 5.73 Å². The number of amides is 2. The summed E-state index contributed by atoms with van der Waals surface area (Å²) in [4.78, 5) is 28.1. The van der Waals surface area contributed by atoms with Gasteiger partial charge in [0.1, 0.15) is 5.00 Å². The number of carbonyl (C=O) groups excluding carboxylic acids is 2. The van der Waals surface area contributed by atoms with Crippen molar-refractivity contribution in [1.82, 2.24) is 4.98 Å². The number of fused-ring (bicyclic) bond motifs is 1. The molecule has 0 aliphatic heterocycles. The van der Waals surface area contributed by atoms with Crippen LogP contribution in [-0.4, -0.2) is 16.8 Å². The maximum absolute atomic E-state index is 12.3. The predicted molar refractivity (Wildman–Crippen MR) is 92.9 cm³/mol. The fraction of sp³-hybridized carbons (Fsp3) is 0.176. The van der Waals surface area contributed by atoms with Crippen LogP contribution >= 0.6 is 11.3 Å². The van der Waals surface area contributed by atoms with Gasteiger partial charge in [-0.15, -0.1) is 11.3 Å². The van der Waals surface area contributed by atoms with E-state index >= 15 is 0 Å². The minimum atomic E-state index is -0.519. The van der Waals surface area contributed by atoms with Crippen molar-refractivity contribution in [3.05, 3.63) is 52.0 Å². The van der Waals surface area contributed by atoms with Gasteiger partial charge in [0.2, 0.25) is 5.91 Å². The van der Waals surface area contributed by atoms with Crippen molar-refractivity contribution in [3.63, 3.8) is 0 Å². The molecule has 23 heavy (non-hydrogen) atoms. The Morgan fingerprint density at radius 2 is 2.00 bits per heavy atom. The number of H-pyrrole nitrogens is 1. The van der Waals surface area contributed by atoms with E-state index in [9.17, 15) is 9.59 Å². The van der Waals surface area contributed by atoms with Crippen molar-refractivity contribution >= 4 is 39.1 Å². The molecule has 0 aliphatic rings. The molecular weight excluding hydrogens is 310 g/mol. The van der Waals surface area contributed by atoms with Gasteiger partial charge in [0.05, 0.1) is 12.0 Å². The molecule has 5 nitrogen and oxygen atoms in total. The number of carbonyl (C=O) groups is 2. The number of primary amides is 1.